The van der Waals surface area contributed by atoms with E-state index < -0.39 is 17.9 Å². The lowest BCUT2D eigenvalue weighted by Gasteiger charge is -2.21. The molecule has 2 rings (SSSR count). The summed E-state index contributed by atoms with van der Waals surface area (Å²) in [6.45, 7) is 1.57. The van der Waals surface area contributed by atoms with E-state index in [2.05, 4.69) is 5.32 Å². The monoisotopic (exact) mass is 266 g/mol. The molecule has 0 saturated carbocycles. The van der Waals surface area contributed by atoms with Crippen LogP contribution < -0.4 is 11.1 Å². The zero-order chi connectivity index (χ0) is 13.3. The molecule has 18 heavy (non-hydrogen) atoms. The van der Waals surface area contributed by atoms with Crippen molar-refractivity contribution in [3.8, 4) is 0 Å². The first kappa shape index (κ1) is 12.9. The first-order valence-corrected chi connectivity index (χ1v) is 6.52. The van der Waals surface area contributed by atoms with E-state index in [1.54, 1.807) is 13.0 Å². The Labute approximate surface area is 109 Å². The second-order valence-corrected chi connectivity index (χ2v) is 5.26. The van der Waals surface area contributed by atoms with E-state index >= 15 is 0 Å². The Morgan fingerprint density at radius 1 is 1.56 bits per heavy atom. The summed E-state index contributed by atoms with van der Waals surface area (Å²) in [6.07, 6.45) is 0. The van der Waals surface area contributed by atoms with Crippen LogP contribution in [0.15, 0.2) is 23.1 Å². The zero-order valence-electron chi connectivity index (χ0n) is 9.84. The minimum absolute atomic E-state index is 0.0514. The third kappa shape index (κ3) is 2.49. The number of thioether (sulfide) groups is 1. The van der Waals surface area contributed by atoms with Crippen molar-refractivity contribution in [2.75, 3.05) is 11.1 Å². The van der Waals surface area contributed by atoms with Gasteiger partial charge in [0.1, 0.15) is 0 Å². The molecule has 1 aliphatic heterocycles. The van der Waals surface area contributed by atoms with Crippen molar-refractivity contribution in [2.45, 2.75) is 17.9 Å². The lowest BCUT2D eigenvalue weighted by atomic mass is 9.95. The van der Waals surface area contributed by atoms with Crippen LogP contribution >= 0.6 is 11.8 Å². The molecule has 1 heterocycles. The first-order valence-electron chi connectivity index (χ1n) is 5.54. The third-order valence-electron chi connectivity index (χ3n) is 2.95. The molecule has 1 aromatic carbocycles. The molecule has 1 aliphatic rings. The van der Waals surface area contributed by atoms with Crippen molar-refractivity contribution in [2.24, 2.45) is 11.7 Å². The Balaban J connectivity index is 2.28. The van der Waals surface area contributed by atoms with E-state index in [1.165, 1.54) is 11.8 Å². The highest BCUT2D eigenvalue weighted by atomic mass is 32.2. The van der Waals surface area contributed by atoms with Crippen LogP contribution in [0.5, 0.6) is 0 Å². The summed E-state index contributed by atoms with van der Waals surface area (Å²) in [5.74, 6) is -1.25. The average Bonchev–Trinajstić information content (AvgIpc) is 2.35. The number of rotatable bonds is 3. The van der Waals surface area contributed by atoms with E-state index in [1.807, 2.05) is 12.1 Å². The number of carbonyl (C=O) groups excluding carboxylic acids is 1. The van der Waals surface area contributed by atoms with E-state index in [-0.39, 0.29) is 5.91 Å². The predicted octanol–water partition coefficient (Wildman–Crippen LogP) is 1.45. The molecule has 1 amide bonds. The van der Waals surface area contributed by atoms with Crippen LogP contribution in [0.1, 0.15) is 18.5 Å². The van der Waals surface area contributed by atoms with Crippen LogP contribution in [0.2, 0.25) is 0 Å². The smallest absolute Gasteiger partial charge is 0.308 e. The molecule has 0 spiro atoms. The van der Waals surface area contributed by atoms with Gasteiger partial charge in [0, 0.05) is 10.9 Å². The lowest BCUT2D eigenvalue weighted by Crippen LogP contribution is -2.26. The summed E-state index contributed by atoms with van der Waals surface area (Å²) >= 11 is 1.46. The largest absolute Gasteiger partial charge is 0.481 e. The standard InChI is InChI=1S/C12H14N2O3S/c1-6(12(16)17)11(13)7-2-3-9-8(4-7)14-10(15)5-18-9/h2-4,6,11H,5,13H2,1H3,(H,14,15)(H,16,17). The normalized spacial score (nSPS) is 17.6. The summed E-state index contributed by atoms with van der Waals surface area (Å²) in [4.78, 5) is 23.2. The van der Waals surface area contributed by atoms with Crippen molar-refractivity contribution in [1.29, 1.82) is 0 Å². The number of anilines is 1. The quantitative estimate of drug-likeness (QED) is 0.770. The number of nitrogens with one attached hydrogen (secondary N) is 1. The van der Waals surface area contributed by atoms with Crippen LogP contribution in [-0.4, -0.2) is 22.7 Å². The molecule has 1 aromatic rings. The second kappa shape index (κ2) is 4.99. The number of hydrogen-bond donors (Lipinski definition) is 3. The summed E-state index contributed by atoms with van der Waals surface area (Å²) in [7, 11) is 0. The predicted molar refractivity (Wildman–Crippen MR) is 69.5 cm³/mol. The van der Waals surface area contributed by atoms with Gasteiger partial charge in [-0.2, -0.15) is 0 Å². The van der Waals surface area contributed by atoms with E-state index in [4.69, 9.17) is 10.8 Å². The number of nitrogens with two attached hydrogens (primary N) is 1. The van der Waals surface area contributed by atoms with Gasteiger partial charge >= 0.3 is 5.97 Å². The Morgan fingerprint density at radius 2 is 2.28 bits per heavy atom. The summed E-state index contributed by atoms with van der Waals surface area (Å²) < 4.78 is 0. The Hall–Kier alpha value is -1.53. The van der Waals surface area contributed by atoms with Gasteiger partial charge in [0.15, 0.2) is 0 Å². The van der Waals surface area contributed by atoms with Crippen molar-refractivity contribution < 1.29 is 14.7 Å². The molecule has 96 valence electrons. The van der Waals surface area contributed by atoms with Gasteiger partial charge in [0.2, 0.25) is 5.91 Å². The fourth-order valence-electron chi connectivity index (χ4n) is 1.75. The average molecular weight is 266 g/mol. The van der Waals surface area contributed by atoms with Crippen LogP contribution in [-0.2, 0) is 9.59 Å². The van der Waals surface area contributed by atoms with Gasteiger partial charge in [0.25, 0.3) is 0 Å². The Bertz CT molecular complexity index is 504. The van der Waals surface area contributed by atoms with E-state index in [0.717, 1.165) is 4.90 Å². The maximum atomic E-state index is 11.3. The number of amides is 1. The number of hydrogen-bond acceptors (Lipinski definition) is 4. The molecule has 0 aromatic heterocycles. The van der Waals surface area contributed by atoms with Gasteiger partial charge in [-0.15, -0.1) is 11.8 Å². The van der Waals surface area contributed by atoms with Crippen LogP contribution in [0, 0.1) is 5.92 Å². The molecule has 0 fully saturated rings. The molecular formula is C12H14N2O3S. The zero-order valence-corrected chi connectivity index (χ0v) is 10.7. The highest BCUT2D eigenvalue weighted by molar-refractivity contribution is 8.00. The molecule has 4 N–H and O–H groups in total. The summed E-state index contributed by atoms with van der Waals surface area (Å²) in [6, 6.07) is 4.84. The number of carboxylic acids is 1. The Kier molecular flexibility index (Phi) is 3.58. The third-order valence-corrected chi connectivity index (χ3v) is 4.02. The molecule has 2 atom stereocenters. The maximum absolute atomic E-state index is 11.3. The number of aliphatic carboxylic acids is 1. The SMILES string of the molecule is CC(C(=O)O)C(N)c1ccc2c(c1)NC(=O)CS2. The van der Waals surface area contributed by atoms with Gasteiger partial charge in [-0.1, -0.05) is 13.0 Å². The highest BCUT2D eigenvalue weighted by Crippen LogP contribution is 2.34. The topological polar surface area (TPSA) is 92.4 Å². The van der Waals surface area contributed by atoms with Gasteiger partial charge in [-0.3, -0.25) is 9.59 Å². The molecule has 0 aliphatic carbocycles. The Morgan fingerprint density at radius 3 is 2.94 bits per heavy atom. The fraction of sp³-hybridized carbons (Fsp3) is 0.333. The minimum atomic E-state index is -0.932. The molecule has 5 nitrogen and oxygen atoms in total. The van der Waals surface area contributed by atoms with Crippen molar-refractivity contribution in [3.05, 3.63) is 23.8 Å². The van der Waals surface area contributed by atoms with Gasteiger partial charge in [-0.05, 0) is 17.7 Å². The molecule has 0 bridgehead atoms. The molecule has 2 unspecified atom stereocenters. The molecule has 0 saturated heterocycles. The van der Waals surface area contributed by atoms with Crippen molar-refractivity contribution >= 4 is 29.3 Å². The summed E-state index contributed by atoms with van der Waals surface area (Å²) in [5, 5.41) is 11.7. The second-order valence-electron chi connectivity index (χ2n) is 4.25. The first-order chi connectivity index (χ1) is 8.49. The van der Waals surface area contributed by atoms with Crippen molar-refractivity contribution in [3.63, 3.8) is 0 Å². The maximum Gasteiger partial charge on any atom is 0.308 e. The highest BCUT2D eigenvalue weighted by Gasteiger charge is 2.23. The number of carboxylic acid groups (broad SMARTS) is 1. The fourth-order valence-corrected chi connectivity index (χ4v) is 2.54. The van der Waals surface area contributed by atoms with Gasteiger partial charge in [-0.25, -0.2) is 0 Å². The van der Waals surface area contributed by atoms with Crippen LogP contribution in [0.3, 0.4) is 0 Å². The summed E-state index contributed by atoms with van der Waals surface area (Å²) in [5.41, 5.74) is 7.33. The lowest BCUT2D eigenvalue weighted by molar-refractivity contribution is -0.141. The molecular weight excluding hydrogens is 252 g/mol. The van der Waals surface area contributed by atoms with Crippen molar-refractivity contribution in [1.82, 2.24) is 0 Å². The van der Waals surface area contributed by atoms with E-state index in [0.29, 0.717) is 17.0 Å². The number of carbonyl (C=O) groups is 2. The van der Waals surface area contributed by atoms with Crippen LogP contribution in [0.4, 0.5) is 5.69 Å². The van der Waals surface area contributed by atoms with Crippen LogP contribution in [0.25, 0.3) is 0 Å². The number of benzene rings is 1. The number of fused-ring (bicyclic) bond motifs is 1. The van der Waals surface area contributed by atoms with Gasteiger partial charge < -0.3 is 16.2 Å². The minimum Gasteiger partial charge on any atom is -0.481 e. The van der Waals surface area contributed by atoms with E-state index in [9.17, 15) is 9.59 Å². The molecule has 0 radical (unpaired) electrons. The van der Waals surface area contributed by atoms with Gasteiger partial charge in [0.05, 0.1) is 17.4 Å². The molecule has 6 heteroatoms.